The molecule has 1 aromatic rings. The predicted octanol–water partition coefficient (Wildman–Crippen LogP) is 3.24. The standard InChI is InChI=1S/C15H26N4O/c1-5-20-11(15(2,3)4)13-17-12(18-14(16)19-13)10-8-6-7-9-10/h10-11H,5-9H2,1-4H3,(H2,16,17,18,19). The zero-order chi connectivity index (χ0) is 14.8. The van der Waals surface area contributed by atoms with Gasteiger partial charge in [-0.25, -0.2) is 4.98 Å². The molecule has 5 heteroatoms. The molecule has 2 N–H and O–H groups in total. The average Bonchev–Trinajstić information content (AvgIpc) is 2.87. The molecule has 0 radical (unpaired) electrons. The fourth-order valence-electron chi connectivity index (χ4n) is 2.79. The van der Waals surface area contributed by atoms with E-state index in [1.165, 1.54) is 12.8 Å². The first-order valence-corrected chi connectivity index (χ1v) is 7.54. The fraction of sp³-hybridized carbons (Fsp3) is 0.800. The fourth-order valence-corrected chi connectivity index (χ4v) is 2.79. The van der Waals surface area contributed by atoms with Crippen LogP contribution in [0.4, 0.5) is 5.95 Å². The van der Waals surface area contributed by atoms with Crippen molar-refractivity contribution in [3.05, 3.63) is 11.6 Å². The third-order valence-electron chi connectivity index (χ3n) is 3.76. The van der Waals surface area contributed by atoms with Crippen LogP contribution in [0, 0.1) is 5.41 Å². The van der Waals surface area contributed by atoms with Gasteiger partial charge in [-0.3, -0.25) is 0 Å². The van der Waals surface area contributed by atoms with E-state index in [1.807, 2.05) is 6.92 Å². The Hall–Kier alpha value is -1.23. The van der Waals surface area contributed by atoms with E-state index < -0.39 is 0 Å². The lowest BCUT2D eigenvalue weighted by Gasteiger charge is -2.29. The van der Waals surface area contributed by atoms with Gasteiger partial charge in [-0.15, -0.1) is 0 Å². The van der Waals surface area contributed by atoms with E-state index in [-0.39, 0.29) is 11.5 Å². The molecule has 112 valence electrons. The second-order valence-corrected chi connectivity index (χ2v) is 6.59. The Bertz CT molecular complexity index is 450. The van der Waals surface area contributed by atoms with Crippen LogP contribution in [-0.4, -0.2) is 21.6 Å². The van der Waals surface area contributed by atoms with Crippen LogP contribution in [0.2, 0.25) is 0 Å². The molecule has 2 rings (SSSR count). The molecule has 0 aromatic carbocycles. The summed E-state index contributed by atoms with van der Waals surface area (Å²) in [4.78, 5) is 13.3. The molecule has 0 spiro atoms. The van der Waals surface area contributed by atoms with Crippen molar-refractivity contribution in [2.75, 3.05) is 12.3 Å². The summed E-state index contributed by atoms with van der Waals surface area (Å²) in [5, 5.41) is 0. The third-order valence-corrected chi connectivity index (χ3v) is 3.76. The molecule has 0 aliphatic heterocycles. The number of aromatic nitrogens is 3. The van der Waals surface area contributed by atoms with E-state index in [2.05, 4.69) is 35.7 Å². The van der Waals surface area contributed by atoms with E-state index in [4.69, 9.17) is 10.5 Å². The van der Waals surface area contributed by atoms with Crippen LogP contribution in [0.3, 0.4) is 0 Å². The van der Waals surface area contributed by atoms with Gasteiger partial charge in [0.05, 0.1) is 0 Å². The van der Waals surface area contributed by atoms with E-state index in [1.54, 1.807) is 0 Å². The molecule has 20 heavy (non-hydrogen) atoms. The summed E-state index contributed by atoms with van der Waals surface area (Å²) in [6.45, 7) is 9.00. The van der Waals surface area contributed by atoms with Crippen LogP contribution >= 0.6 is 0 Å². The van der Waals surface area contributed by atoms with E-state index in [9.17, 15) is 0 Å². The number of nitrogens with two attached hydrogens (primary N) is 1. The minimum absolute atomic E-state index is 0.0727. The molecule has 1 aliphatic rings. The molecular weight excluding hydrogens is 252 g/mol. The van der Waals surface area contributed by atoms with Crippen molar-refractivity contribution in [3.8, 4) is 0 Å². The first-order valence-electron chi connectivity index (χ1n) is 7.54. The number of hydrogen-bond acceptors (Lipinski definition) is 5. The second-order valence-electron chi connectivity index (χ2n) is 6.59. The smallest absolute Gasteiger partial charge is 0.223 e. The van der Waals surface area contributed by atoms with Gasteiger partial charge >= 0.3 is 0 Å². The maximum Gasteiger partial charge on any atom is 0.223 e. The lowest BCUT2D eigenvalue weighted by atomic mass is 9.88. The summed E-state index contributed by atoms with van der Waals surface area (Å²) in [5.74, 6) is 2.26. The molecule has 1 heterocycles. The zero-order valence-corrected chi connectivity index (χ0v) is 13.0. The summed E-state index contributed by atoms with van der Waals surface area (Å²) >= 11 is 0. The molecule has 0 bridgehead atoms. The van der Waals surface area contributed by atoms with Gasteiger partial charge in [-0.1, -0.05) is 33.6 Å². The number of ether oxygens (including phenoxy) is 1. The van der Waals surface area contributed by atoms with Crippen molar-refractivity contribution in [2.45, 2.75) is 65.4 Å². The summed E-state index contributed by atoms with van der Waals surface area (Å²) in [6.07, 6.45) is 4.65. The molecule has 0 amide bonds. The summed E-state index contributed by atoms with van der Waals surface area (Å²) < 4.78 is 5.86. The Morgan fingerprint density at radius 3 is 2.40 bits per heavy atom. The third kappa shape index (κ3) is 3.45. The van der Waals surface area contributed by atoms with E-state index >= 15 is 0 Å². The van der Waals surface area contributed by atoms with Crippen LogP contribution in [0.1, 0.15) is 77.0 Å². The van der Waals surface area contributed by atoms with Gasteiger partial charge in [0, 0.05) is 12.5 Å². The highest BCUT2D eigenvalue weighted by atomic mass is 16.5. The number of anilines is 1. The largest absolute Gasteiger partial charge is 0.370 e. The molecule has 0 saturated heterocycles. The Morgan fingerprint density at radius 2 is 1.85 bits per heavy atom. The lowest BCUT2D eigenvalue weighted by molar-refractivity contribution is -0.0193. The Balaban J connectivity index is 2.34. The van der Waals surface area contributed by atoms with Gasteiger partial charge in [-0.05, 0) is 25.2 Å². The maximum absolute atomic E-state index is 5.89. The number of nitrogens with zero attached hydrogens (tertiary/aromatic N) is 3. The van der Waals surface area contributed by atoms with Crippen LogP contribution < -0.4 is 5.73 Å². The SMILES string of the molecule is CCOC(c1nc(N)nc(C2CCCC2)n1)C(C)(C)C. The number of rotatable bonds is 4. The molecule has 5 nitrogen and oxygen atoms in total. The van der Waals surface area contributed by atoms with E-state index in [0.29, 0.717) is 24.3 Å². The Morgan fingerprint density at radius 1 is 1.20 bits per heavy atom. The Labute approximate surface area is 121 Å². The van der Waals surface area contributed by atoms with Crippen molar-refractivity contribution in [2.24, 2.45) is 5.41 Å². The molecule has 1 fully saturated rings. The molecule has 1 unspecified atom stereocenters. The van der Waals surface area contributed by atoms with Gasteiger partial charge in [0.15, 0.2) is 5.82 Å². The van der Waals surface area contributed by atoms with Gasteiger partial charge in [-0.2, -0.15) is 9.97 Å². The molecule has 1 aliphatic carbocycles. The maximum atomic E-state index is 5.89. The average molecular weight is 278 g/mol. The van der Waals surface area contributed by atoms with Crippen molar-refractivity contribution in [1.82, 2.24) is 15.0 Å². The van der Waals surface area contributed by atoms with Gasteiger partial charge in [0.1, 0.15) is 11.9 Å². The minimum Gasteiger partial charge on any atom is -0.370 e. The van der Waals surface area contributed by atoms with Crippen molar-refractivity contribution >= 4 is 5.95 Å². The first-order chi connectivity index (χ1) is 9.41. The molecular formula is C15H26N4O. The molecule has 1 atom stereocenters. The number of hydrogen-bond donors (Lipinski definition) is 1. The topological polar surface area (TPSA) is 73.9 Å². The summed E-state index contributed by atoms with van der Waals surface area (Å²) in [5.41, 5.74) is 5.81. The second kappa shape index (κ2) is 6.04. The van der Waals surface area contributed by atoms with Gasteiger partial charge in [0.25, 0.3) is 0 Å². The van der Waals surface area contributed by atoms with E-state index in [0.717, 1.165) is 18.7 Å². The Kier molecular flexibility index (Phi) is 4.58. The van der Waals surface area contributed by atoms with Crippen LogP contribution in [0.25, 0.3) is 0 Å². The highest BCUT2D eigenvalue weighted by Gasteiger charge is 2.31. The summed E-state index contributed by atoms with van der Waals surface area (Å²) in [6, 6.07) is 0. The lowest BCUT2D eigenvalue weighted by Crippen LogP contribution is -2.25. The zero-order valence-electron chi connectivity index (χ0n) is 13.0. The van der Waals surface area contributed by atoms with Crippen molar-refractivity contribution in [3.63, 3.8) is 0 Å². The minimum atomic E-state index is -0.155. The van der Waals surface area contributed by atoms with Crippen LogP contribution in [-0.2, 0) is 4.74 Å². The monoisotopic (exact) mass is 278 g/mol. The van der Waals surface area contributed by atoms with Gasteiger partial charge < -0.3 is 10.5 Å². The van der Waals surface area contributed by atoms with Crippen LogP contribution in [0.5, 0.6) is 0 Å². The van der Waals surface area contributed by atoms with Crippen LogP contribution in [0.15, 0.2) is 0 Å². The normalized spacial score (nSPS) is 18.4. The quantitative estimate of drug-likeness (QED) is 0.915. The van der Waals surface area contributed by atoms with Gasteiger partial charge in [0.2, 0.25) is 5.95 Å². The number of nitrogen functional groups attached to an aromatic ring is 1. The first kappa shape index (κ1) is 15.2. The van der Waals surface area contributed by atoms with Crippen molar-refractivity contribution < 1.29 is 4.74 Å². The molecule has 1 saturated carbocycles. The highest BCUT2D eigenvalue weighted by Crippen LogP contribution is 2.36. The van der Waals surface area contributed by atoms with Crippen molar-refractivity contribution in [1.29, 1.82) is 0 Å². The molecule has 1 aromatic heterocycles. The summed E-state index contributed by atoms with van der Waals surface area (Å²) in [7, 11) is 0. The predicted molar refractivity (Wildman–Crippen MR) is 79.3 cm³/mol. The highest BCUT2D eigenvalue weighted by molar-refractivity contribution is 5.19.